The number of rotatable bonds is 2. The molecular formula is C12H19ClN4O. The number of piperidine rings is 1. The van der Waals surface area contributed by atoms with Crippen molar-refractivity contribution in [1.82, 2.24) is 10.4 Å². The molecule has 0 unspecified atom stereocenters. The summed E-state index contributed by atoms with van der Waals surface area (Å²) in [6.45, 7) is 1.83. The fourth-order valence-electron chi connectivity index (χ4n) is 1.93. The lowest BCUT2D eigenvalue weighted by Crippen LogP contribution is -2.45. The third-order valence-corrected chi connectivity index (χ3v) is 2.96. The average molecular weight is 271 g/mol. The molecule has 5 N–H and O–H groups in total. The molecular weight excluding hydrogens is 252 g/mol. The van der Waals surface area contributed by atoms with Crippen molar-refractivity contribution in [1.29, 1.82) is 0 Å². The first kappa shape index (κ1) is 14.6. The second kappa shape index (κ2) is 6.47. The van der Waals surface area contributed by atoms with E-state index in [2.05, 4.69) is 5.43 Å². The Morgan fingerprint density at radius 3 is 2.39 bits per heavy atom. The van der Waals surface area contributed by atoms with Crippen LogP contribution >= 0.6 is 12.4 Å². The van der Waals surface area contributed by atoms with Crippen LogP contribution in [0.4, 0.5) is 11.4 Å². The third-order valence-electron chi connectivity index (χ3n) is 2.96. The van der Waals surface area contributed by atoms with Gasteiger partial charge in [0.15, 0.2) is 0 Å². The summed E-state index contributed by atoms with van der Waals surface area (Å²) in [4.78, 5) is 11.9. The maximum Gasteiger partial charge on any atom is 0.265 e. The number of nitrogens with one attached hydrogen (secondary N) is 1. The van der Waals surface area contributed by atoms with Gasteiger partial charge in [0.25, 0.3) is 5.91 Å². The summed E-state index contributed by atoms with van der Waals surface area (Å²) in [5.74, 6) is -0.126. The highest BCUT2D eigenvalue weighted by Gasteiger charge is 2.14. The van der Waals surface area contributed by atoms with Crippen LogP contribution in [-0.2, 0) is 0 Å². The van der Waals surface area contributed by atoms with Crippen molar-refractivity contribution in [3.05, 3.63) is 23.8 Å². The number of nitrogen functional groups attached to an aromatic ring is 2. The minimum atomic E-state index is -0.126. The minimum absolute atomic E-state index is 0. The summed E-state index contributed by atoms with van der Waals surface area (Å²) >= 11 is 0. The van der Waals surface area contributed by atoms with Gasteiger partial charge in [0, 0.05) is 18.7 Å². The zero-order chi connectivity index (χ0) is 12.3. The smallest absolute Gasteiger partial charge is 0.265 e. The van der Waals surface area contributed by atoms with E-state index in [1.165, 1.54) is 6.42 Å². The van der Waals surface area contributed by atoms with Crippen LogP contribution < -0.4 is 16.9 Å². The molecule has 2 rings (SSSR count). The third kappa shape index (κ3) is 3.51. The first-order chi connectivity index (χ1) is 8.16. The largest absolute Gasteiger partial charge is 0.397 e. The van der Waals surface area contributed by atoms with Gasteiger partial charge in [-0.15, -0.1) is 12.4 Å². The molecule has 1 heterocycles. The van der Waals surface area contributed by atoms with Crippen molar-refractivity contribution in [3.63, 3.8) is 0 Å². The zero-order valence-electron chi connectivity index (χ0n) is 10.2. The van der Waals surface area contributed by atoms with E-state index >= 15 is 0 Å². The van der Waals surface area contributed by atoms with Gasteiger partial charge < -0.3 is 11.5 Å². The maximum absolute atomic E-state index is 11.9. The monoisotopic (exact) mass is 270 g/mol. The van der Waals surface area contributed by atoms with E-state index in [0.717, 1.165) is 25.9 Å². The molecule has 100 valence electrons. The topological polar surface area (TPSA) is 84.4 Å². The summed E-state index contributed by atoms with van der Waals surface area (Å²) in [6.07, 6.45) is 3.50. The van der Waals surface area contributed by atoms with E-state index < -0.39 is 0 Å². The van der Waals surface area contributed by atoms with Gasteiger partial charge in [-0.1, -0.05) is 6.42 Å². The van der Waals surface area contributed by atoms with Gasteiger partial charge in [0.2, 0.25) is 0 Å². The average Bonchev–Trinajstić information content (AvgIpc) is 2.34. The molecule has 1 amide bonds. The van der Waals surface area contributed by atoms with Crippen LogP contribution in [-0.4, -0.2) is 24.0 Å². The predicted octanol–water partition coefficient (Wildman–Crippen LogP) is 1.40. The highest BCUT2D eigenvalue weighted by atomic mass is 35.5. The lowest BCUT2D eigenvalue weighted by Gasteiger charge is -2.26. The molecule has 1 aliphatic heterocycles. The Labute approximate surface area is 113 Å². The molecule has 0 bridgehead atoms. The van der Waals surface area contributed by atoms with E-state index in [0.29, 0.717) is 16.9 Å². The van der Waals surface area contributed by atoms with Crippen LogP contribution in [0.3, 0.4) is 0 Å². The first-order valence-corrected chi connectivity index (χ1v) is 5.88. The van der Waals surface area contributed by atoms with Crippen LogP contribution in [0.25, 0.3) is 0 Å². The number of halogens is 1. The predicted molar refractivity (Wildman–Crippen MR) is 75.4 cm³/mol. The van der Waals surface area contributed by atoms with Gasteiger partial charge >= 0.3 is 0 Å². The Kier molecular flexibility index (Phi) is 5.25. The molecule has 1 aromatic carbocycles. The lowest BCUT2D eigenvalue weighted by atomic mass is 10.1. The van der Waals surface area contributed by atoms with Crippen LogP contribution in [0.1, 0.15) is 29.6 Å². The summed E-state index contributed by atoms with van der Waals surface area (Å²) in [5.41, 5.74) is 15.6. The van der Waals surface area contributed by atoms with Crippen molar-refractivity contribution in [3.8, 4) is 0 Å². The number of benzene rings is 1. The number of carbonyl (C=O) groups excluding carboxylic acids is 1. The van der Waals surface area contributed by atoms with Crippen molar-refractivity contribution in [2.75, 3.05) is 24.6 Å². The SMILES string of the molecule is Cl.Nc1ccc(C(=O)NN2CCCCC2)cc1N. The highest BCUT2D eigenvalue weighted by molar-refractivity contribution is 5.95. The molecule has 1 aliphatic rings. The second-order valence-electron chi connectivity index (χ2n) is 4.33. The van der Waals surface area contributed by atoms with Crippen LogP contribution in [0.5, 0.6) is 0 Å². The molecule has 0 spiro atoms. The Morgan fingerprint density at radius 1 is 1.11 bits per heavy atom. The van der Waals surface area contributed by atoms with E-state index in [4.69, 9.17) is 11.5 Å². The quantitative estimate of drug-likeness (QED) is 0.710. The molecule has 0 atom stereocenters. The molecule has 1 fully saturated rings. The van der Waals surface area contributed by atoms with E-state index in [1.54, 1.807) is 18.2 Å². The molecule has 1 aromatic rings. The Balaban J connectivity index is 0.00000162. The number of carbonyl (C=O) groups is 1. The second-order valence-corrected chi connectivity index (χ2v) is 4.33. The Bertz CT molecular complexity index is 419. The van der Waals surface area contributed by atoms with E-state index in [1.807, 2.05) is 5.01 Å². The Morgan fingerprint density at radius 2 is 1.78 bits per heavy atom. The molecule has 0 saturated carbocycles. The van der Waals surface area contributed by atoms with Crippen molar-refractivity contribution in [2.45, 2.75) is 19.3 Å². The van der Waals surface area contributed by atoms with Crippen molar-refractivity contribution in [2.24, 2.45) is 0 Å². The minimum Gasteiger partial charge on any atom is -0.397 e. The van der Waals surface area contributed by atoms with E-state index in [9.17, 15) is 4.79 Å². The van der Waals surface area contributed by atoms with Gasteiger partial charge in [0.1, 0.15) is 0 Å². The van der Waals surface area contributed by atoms with Crippen LogP contribution in [0.2, 0.25) is 0 Å². The van der Waals surface area contributed by atoms with Crippen molar-refractivity contribution < 1.29 is 4.79 Å². The number of amides is 1. The number of hydrogen-bond donors (Lipinski definition) is 3. The van der Waals surface area contributed by atoms with Crippen molar-refractivity contribution >= 4 is 29.7 Å². The molecule has 5 nitrogen and oxygen atoms in total. The highest BCUT2D eigenvalue weighted by Crippen LogP contribution is 2.16. The first-order valence-electron chi connectivity index (χ1n) is 5.88. The zero-order valence-corrected chi connectivity index (χ0v) is 11.0. The van der Waals surface area contributed by atoms with Crippen LogP contribution in [0, 0.1) is 0 Å². The molecule has 0 radical (unpaired) electrons. The molecule has 0 aromatic heterocycles. The normalized spacial score (nSPS) is 15.8. The molecule has 6 heteroatoms. The molecule has 0 aliphatic carbocycles. The number of anilines is 2. The van der Waals surface area contributed by atoms with Gasteiger partial charge in [-0.3, -0.25) is 10.2 Å². The summed E-state index contributed by atoms with van der Waals surface area (Å²) in [6, 6.07) is 4.94. The number of nitrogens with zero attached hydrogens (tertiary/aromatic N) is 1. The lowest BCUT2D eigenvalue weighted by molar-refractivity contribution is 0.0750. The number of hydrogen-bond acceptors (Lipinski definition) is 4. The Hall–Kier alpha value is -1.46. The van der Waals surface area contributed by atoms with Gasteiger partial charge in [-0.05, 0) is 31.0 Å². The maximum atomic E-state index is 11.9. The van der Waals surface area contributed by atoms with Crippen LogP contribution in [0.15, 0.2) is 18.2 Å². The van der Waals surface area contributed by atoms with Gasteiger partial charge in [0.05, 0.1) is 11.4 Å². The number of hydrazine groups is 1. The molecule has 18 heavy (non-hydrogen) atoms. The van der Waals surface area contributed by atoms with Gasteiger partial charge in [-0.25, -0.2) is 5.01 Å². The summed E-state index contributed by atoms with van der Waals surface area (Å²) in [7, 11) is 0. The standard InChI is InChI=1S/C12H18N4O.ClH/c13-10-5-4-9(8-11(10)14)12(17)15-16-6-2-1-3-7-16;/h4-5,8H,1-3,6-7,13-14H2,(H,15,17);1H. The summed E-state index contributed by atoms with van der Waals surface area (Å²) < 4.78 is 0. The van der Waals surface area contributed by atoms with Gasteiger partial charge in [-0.2, -0.15) is 0 Å². The summed E-state index contributed by atoms with van der Waals surface area (Å²) in [5, 5.41) is 1.96. The fourth-order valence-corrected chi connectivity index (χ4v) is 1.93. The molecule has 1 saturated heterocycles. The number of nitrogens with two attached hydrogens (primary N) is 2. The fraction of sp³-hybridized carbons (Fsp3) is 0.417. The van der Waals surface area contributed by atoms with E-state index in [-0.39, 0.29) is 18.3 Å².